The van der Waals surface area contributed by atoms with Gasteiger partial charge in [0, 0.05) is 27.6 Å². The van der Waals surface area contributed by atoms with E-state index in [1.807, 2.05) is 14.1 Å². The maximum absolute atomic E-state index is 11.9. The first-order valence-electron chi connectivity index (χ1n) is 6.29. The Hall–Kier alpha value is -1.43. The second-order valence-electron chi connectivity index (χ2n) is 5.04. The molecule has 0 bridgehead atoms. The molecule has 100 valence electrons. The van der Waals surface area contributed by atoms with Crippen LogP contribution in [0.3, 0.4) is 0 Å². The fraction of sp³-hybridized carbons (Fsp3) is 0.750. The van der Waals surface area contributed by atoms with Crippen molar-refractivity contribution >= 4 is 5.91 Å². The standard InChI is InChI=1S/C12H20N4O2/c1-9-13-11(14-18-9)8-16-6-4-5-10(7-16)12(17)15(2)3/h10H,4-8H2,1-3H3. The van der Waals surface area contributed by atoms with E-state index in [2.05, 4.69) is 15.0 Å². The molecular formula is C12H20N4O2. The van der Waals surface area contributed by atoms with Crippen molar-refractivity contribution in [3.05, 3.63) is 11.7 Å². The van der Waals surface area contributed by atoms with Crippen molar-refractivity contribution in [3.8, 4) is 0 Å². The summed E-state index contributed by atoms with van der Waals surface area (Å²) in [6, 6.07) is 0. The van der Waals surface area contributed by atoms with Crippen LogP contribution in [0.4, 0.5) is 0 Å². The zero-order chi connectivity index (χ0) is 13.1. The van der Waals surface area contributed by atoms with Crippen molar-refractivity contribution < 1.29 is 9.32 Å². The summed E-state index contributed by atoms with van der Waals surface area (Å²) in [5.74, 6) is 1.60. The van der Waals surface area contributed by atoms with Crippen molar-refractivity contribution in [1.29, 1.82) is 0 Å². The van der Waals surface area contributed by atoms with Gasteiger partial charge in [-0.25, -0.2) is 0 Å². The van der Waals surface area contributed by atoms with Gasteiger partial charge in [0.2, 0.25) is 11.8 Å². The SMILES string of the molecule is Cc1nc(CN2CCCC(C(=O)N(C)C)C2)no1. The van der Waals surface area contributed by atoms with E-state index in [1.54, 1.807) is 11.8 Å². The highest BCUT2D eigenvalue weighted by Gasteiger charge is 2.27. The number of carbonyl (C=O) groups is 1. The summed E-state index contributed by atoms with van der Waals surface area (Å²) in [6.07, 6.45) is 2.01. The molecule has 6 nitrogen and oxygen atoms in total. The Kier molecular flexibility index (Phi) is 3.96. The van der Waals surface area contributed by atoms with Gasteiger partial charge < -0.3 is 9.42 Å². The molecule has 1 amide bonds. The second kappa shape index (κ2) is 5.48. The van der Waals surface area contributed by atoms with Crippen LogP contribution in [0.25, 0.3) is 0 Å². The van der Waals surface area contributed by atoms with Crippen molar-refractivity contribution in [2.45, 2.75) is 26.3 Å². The molecule has 1 aliphatic rings. The third-order valence-corrected chi connectivity index (χ3v) is 3.23. The maximum atomic E-state index is 11.9. The highest BCUT2D eigenvalue weighted by Crippen LogP contribution is 2.19. The summed E-state index contributed by atoms with van der Waals surface area (Å²) in [5, 5.41) is 3.89. The van der Waals surface area contributed by atoms with E-state index in [0.717, 1.165) is 25.9 Å². The normalized spacial score (nSPS) is 20.9. The molecular weight excluding hydrogens is 232 g/mol. The molecule has 1 atom stereocenters. The lowest BCUT2D eigenvalue weighted by Crippen LogP contribution is -2.42. The summed E-state index contributed by atoms with van der Waals surface area (Å²) >= 11 is 0. The van der Waals surface area contributed by atoms with E-state index >= 15 is 0 Å². The average Bonchev–Trinajstić information content (AvgIpc) is 2.74. The van der Waals surface area contributed by atoms with Crippen LogP contribution in [0.1, 0.15) is 24.6 Å². The molecule has 1 aromatic heterocycles. The van der Waals surface area contributed by atoms with E-state index in [1.165, 1.54) is 0 Å². The van der Waals surface area contributed by atoms with Gasteiger partial charge in [0.1, 0.15) is 0 Å². The number of hydrogen-bond donors (Lipinski definition) is 0. The summed E-state index contributed by atoms with van der Waals surface area (Å²) in [7, 11) is 3.62. The largest absolute Gasteiger partial charge is 0.349 e. The molecule has 2 rings (SSSR count). The lowest BCUT2D eigenvalue weighted by atomic mass is 9.97. The highest BCUT2D eigenvalue weighted by molar-refractivity contribution is 5.78. The van der Waals surface area contributed by atoms with Crippen molar-refractivity contribution in [1.82, 2.24) is 19.9 Å². The summed E-state index contributed by atoms with van der Waals surface area (Å²) < 4.78 is 4.96. The van der Waals surface area contributed by atoms with E-state index in [-0.39, 0.29) is 11.8 Å². The highest BCUT2D eigenvalue weighted by atomic mass is 16.5. The van der Waals surface area contributed by atoms with Crippen molar-refractivity contribution in [2.24, 2.45) is 5.92 Å². The number of aromatic nitrogens is 2. The van der Waals surface area contributed by atoms with Gasteiger partial charge in [-0.15, -0.1) is 0 Å². The first-order chi connectivity index (χ1) is 8.56. The number of piperidine rings is 1. The van der Waals surface area contributed by atoms with Crippen LogP contribution in [0.2, 0.25) is 0 Å². The molecule has 0 radical (unpaired) electrons. The van der Waals surface area contributed by atoms with Gasteiger partial charge in [0.15, 0.2) is 5.82 Å². The number of nitrogens with zero attached hydrogens (tertiary/aromatic N) is 4. The third kappa shape index (κ3) is 3.07. The van der Waals surface area contributed by atoms with Gasteiger partial charge in [0.05, 0.1) is 12.5 Å². The van der Waals surface area contributed by atoms with Crippen LogP contribution < -0.4 is 0 Å². The van der Waals surface area contributed by atoms with Crippen LogP contribution in [0.15, 0.2) is 4.52 Å². The quantitative estimate of drug-likeness (QED) is 0.791. The lowest BCUT2D eigenvalue weighted by molar-refractivity contribution is -0.134. The van der Waals surface area contributed by atoms with Crippen molar-refractivity contribution in [2.75, 3.05) is 27.2 Å². The van der Waals surface area contributed by atoms with E-state index in [0.29, 0.717) is 18.3 Å². The second-order valence-corrected chi connectivity index (χ2v) is 5.04. The molecule has 1 aliphatic heterocycles. The molecule has 0 saturated carbocycles. The fourth-order valence-corrected chi connectivity index (χ4v) is 2.37. The minimum absolute atomic E-state index is 0.0988. The number of rotatable bonds is 3. The number of hydrogen-bond acceptors (Lipinski definition) is 5. The van der Waals surface area contributed by atoms with Crippen LogP contribution in [-0.2, 0) is 11.3 Å². The molecule has 6 heteroatoms. The molecule has 2 heterocycles. The molecule has 1 aromatic rings. The molecule has 0 spiro atoms. The van der Waals surface area contributed by atoms with Gasteiger partial charge in [-0.1, -0.05) is 5.16 Å². The molecule has 1 saturated heterocycles. The molecule has 1 fully saturated rings. The number of amides is 1. The smallest absolute Gasteiger partial charge is 0.226 e. The van der Waals surface area contributed by atoms with Gasteiger partial charge in [-0.05, 0) is 19.4 Å². The lowest BCUT2D eigenvalue weighted by Gasteiger charge is -2.32. The van der Waals surface area contributed by atoms with Gasteiger partial charge in [0.25, 0.3) is 0 Å². The Bertz CT molecular complexity index is 416. The van der Waals surface area contributed by atoms with E-state index < -0.39 is 0 Å². The third-order valence-electron chi connectivity index (χ3n) is 3.23. The average molecular weight is 252 g/mol. The summed E-state index contributed by atoms with van der Waals surface area (Å²) in [4.78, 5) is 20.0. The first-order valence-corrected chi connectivity index (χ1v) is 6.29. The Morgan fingerprint density at radius 2 is 2.33 bits per heavy atom. The van der Waals surface area contributed by atoms with E-state index in [9.17, 15) is 4.79 Å². The molecule has 1 unspecified atom stereocenters. The Balaban J connectivity index is 1.92. The summed E-state index contributed by atoms with van der Waals surface area (Å²) in [5.41, 5.74) is 0. The zero-order valence-corrected chi connectivity index (χ0v) is 11.2. The van der Waals surface area contributed by atoms with Crippen LogP contribution >= 0.6 is 0 Å². The Labute approximate surface area is 107 Å². The zero-order valence-electron chi connectivity index (χ0n) is 11.2. The van der Waals surface area contributed by atoms with Gasteiger partial charge >= 0.3 is 0 Å². The molecule has 0 aromatic carbocycles. The summed E-state index contributed by atoms with van der Waals surface area (Å²) in [6.45, 7) is 4.22. The van der Waals surface area contributed by atoms with Crippen molar-refractivity contribution in [3.63, 3.8) is 0 Å². The predicted octanol–water partition coefficient (Wildman–Crippen LogP) is 0.678. The number of carbonyl (C=O) groups excluding carboxylic acids is 1. The monoisotopic (exact) mass is 252 g/mol. The Morgan fingerprint density at radius 3 is 2.94 bits per heavy atom. The molecule has 0 aliphatic carbocycles. The number of likely N-dealkylation sites (tertiary alicyclic amines) is 1. The fourth-order valence-electron chi connectivity index (χ4n) is 2.37. The molecule has 0 N–H and O–H groups in total. The minimum atomic E-state index is 0.0988. The predicted molar refractivity (Wildman–Crippen MR) is 65.7 cm³/mol. The maximum Gasteiger partial charge on any atom is 0.226 e. The van der Waals surface area contributed by atoms with Gasteiger partial charge in [-0.3, -0.25) is 9.69 Å². The van der Waals surface area contributed by atoms with Crippen LogP contribution in [0, 0.1) is 12.8 Å². The van der Waals surface area contributed by atoms with Crippen LogP contribution in [0.5, 0.6) is 0 Å². The minimum Gasteiger partial charge on any atom is -0.349 e. The van der Waals surface area contributed by atoms with Crippen LogP contribution in [-0.4, -0.2) is 53.0 Å². The topological polar surface area (TPSA) is 62.5 Å². The first kappa shape index (κ1) is 13.0. The Morgan fingerprint density at radius 1 is 1.56 bits per heavy atom. The van der Waals surface area contributed by atoms with Gasteiger partial charge in [-0.2, -0.15) is 4.98 Å². The number of aryl methyl sites for hydroxylation is 1. The van der Waals surface area contributed by atoms with E-state index in [4.69, 9.17) is 4.52 Å². The molecule has 18 heavy (non-hydrogen) atoms.